The molecule has 2 amide bonds. The average molecular weight is 269 g/mol. The molecule has 1 atom stereocenters. The fraction of sp³-hybridized carbons (Fsp3) is 0.0714. The molecule has 0 saturated heterocycles. The van der Waals surface area contributed by atoms with Crippen LogP contribution < -0.4 is 5.32 Å². The number of imide groups is 1. The summed E-state index contributed by atoms with van der Waals surface area (Å²) in [7, 11) is 0. The zero-order valence-corrected chi connectivity index (χ0v) is 9.97. The van der Waals surface area contributed by atoms with E-state index in [2.05, 4.69) is 5.32 Å². The second kappa shape index (κ2) is 3.43. The first-order chi connectivity index (χ1) is 9.58. The highest BCUT2D eigenvalue weighted by Crippen LogP contribution is 2.38. The Morgan fingerprint density at radius 3 is 2.20 bits per heavy atom. The zero-order chi connectivity index (χ0) is 14.0. The van der Waals surface area contributed by atoms with E-state index in [1.54, 1.807) is 0 Å². The molecule has 2 aromatic carbocycles. The minimum atomic E-state index is -1.39. The Kier molecular flexibility index (Phi) is 1.91. The van der Waals surface area contributed by atoms with Crippen LogP contribution in [0.2, 0.25) is 0 Å². The van der Waals surface area contributed by atoms with Gasteiger partial charge in [0.25, 0.3) is 11.8 Å². The van der Waals surface area contributed by atoms with E-state index >= 15 is 0 Å². The van der Waals surface area contributed by atoms with Crippen LogP contribution in [0.3, 0.4) is 0 Å². The summed E-state index contributed by atoms with van der Waals surface area (Å²) < 4.78 is 4.82. The Labute approximate surface area is 112 Å². The van der Waals surface area contributed by atoms with E-state index in [0.717, 1.165) is 0 Å². The number of carbonyl (C=O) groups is 3. The highest BCUT2D eigenvalue weighted by Gasteiger charge is 2.33. The topological polar surface area (TPSA) is 92.7 Å². The van der Waals surface area contributed by atoms with E-state index in [1.165, 1.54) is 24.3 Å². The van der Waals surface area contributed by atoms with Crippen molar-refractivity contribution < 1.29 is 24.2 Å². The number of amides is 2. The molecule has 0 radical (unpaired) electrons. The Morgan fingerprint density at radius 2 is 1.50 bits per heavy atom. The molecule has 0 fully saturated rings. The molecule has 0 aliphatic carbocycles. The molecule has 1 unspecified atom stereocenters. The van der Waals surface area contributed by atoms with E-state index in [0.29, 0.717) is 27.5 Å². The van der Waals surface area contributed by atoms with Gasteiger partial charge in [0, 0.05) is 27.5 Å². The van der Waals surface area contributed by atoms with Crippen molar-refractivity contribution in [2.75, 3.05) is 0 Å². The van der Waals surface area contributed by atoms with Gasteiger partial charge in [-0.2, -0.15) is 0 Å². The number of aliphatic hydroxyl groups is 1. The minimum absolute atomic E-state index is 0.244. The molecule has 0 bridgehead atoms. The smallest absolute Gasteiger partial charge is 0.341 e. The van der Waals surface area contributed by atoms with Crippen LogP contribution in [-0.2, 0) is 4.74 Å². The molecule has 98 valence electrons. The first-order valence-corrected chi connectivity index (χ1v) is 5.92. The molecule has 20 heavy (non-hydrogen) atoms. The number of nitrogens with one attached hydrogen (secondary N) is 1. The van der Waals surface area contributed by atoms with Gasteiger partial charge in [0.05, 0.1) is 5.56 Å². The maximum absolute atomic E-state index is 11.9. The molecular weight excluding hydrogens is 262 g/mol. The van der Waals surface area contributed by atoms with Crippen molar-refractivity contribution in [3.63, 3.8) is 0 Å². The van der Waals surface area contributed by atoms with Crippen LogP contribution in [-0.4, -0.2) is 22.9 Å². The zero-order valence-electron chi connectivity index (χ0n) is 9.97. The van der Waals surface area contributed by atoms with Gasteiger partial charge < -0.3 is 9.84 Å². The lowest BCUT2D eigenvalue weighted by Crippen LogP contribution is -2.35. The van der Waals surface area contributed by atoms with Gasteiger partial charge in [-0.15, -0.1) is 0 Å². The SMILES string of the molecule is O=C1NC(=O)c2ccc3c4c(ccc1c24)C(=O)OC3O. The van der Waals surface area contributed by atoms with Crippen molar-refractivity contribution in [3.8, 4) is 0 Å². The number of esters is 1. The number of rotatable bonds is 0. The van der Waals surface area contributed by atoms with E-state index in [9.17, 15) is 19.5 Å². The molecule has 2 heterocycles. The van der Waals surface area contributed by atoms with Crippen LogP contribution in [0.15, 0.2) is 24.3 Å². The highest BCUT2D eigenvalue weighted by molar-refractivity contribution is 6.28. The third-order valence-electron chi connectivity index (χ3n) is 3.61. The molecule has 6 heteroatoms. The van der Waals surface area contributed by atoms with E-state index in [4.69, 9.17) is 4.74 Å². The number of hydrogen-bond donors (Lipinski definition) is 2. The lowest BCUT2D eigenvalue weighted by atomic mass is 9.88. The molecule has 0 spiro atoms. The first kappa shape index (κ1) is 11.1. The highest BCUT2D eigenvalue weighted by atomic mass is 16.6. The van der Waals surface area contributed by atoms with Crippen LogP contribution in [0.25, 0.3) is 10.8 Å². The molecule has 6 nitrogen and oxygen atoms in total. The summed E-state index contributed by atoms with van der Waals surface area (Å²) in [4.78, 5) is 35.5. The molecule has 2 aromatic rings. The van der Waals surface area contributed by atoms with Gasteiger partial charge in [-0.25, -0.2) is 4.79 Å². The number of benzene rings is 2. The Hall–Kier alpha value is -2.73. The second-order valence-electron chi connectivity index (χ2n) is 4.65. The summed E-state index contributed by atoms with van der Waals surface area (Å²) in [5.74, 6) is -1.70. The maximum atomic E-state index is 11.9. The molecule has 4 rings (SSSR count). The lowest BCUT2D eigenvalue weighted by molar-refractivity contribution is -0.0686. The summed E-state index contributed by atoms with van der Waals surface area (Å²) in [6.07, 6.45) is -1.39. The fourth-order valence-corrected chi connectivity index (χ4v) is 2.74. The number of hydrogen-bond acceptors (Lipinski definition) is 5. The second-order valence-corrected chi connectivity index (χ2v) is 4.65. The quantitative estimate of drug-likeness (QED) is 0.547. The number of ether oxygens (including phenoxy) is 1. The van der Waals surface area contributed by atoms with Crippen molar-refractivity contribution >= 4 is 28.6 Å². The van der Waals surface area contributed by atoms with Crippen molar-refractivity contribution in [2.24, 2.45) is 0 Å². The molecule has 0 saturated carbocycles. The molecular formula is C14H7NO5. The summed E-state index contributed by atoms with van der Waals surface area (Å²) >= 11 is 0. The lowest BCUT2D eigenvalue weighted by Gasteiger charge is -2.25. The number of aliphatic hydroxyl groups excluding tert-OH is 1. The third kappa shape index (κ3) is 1.18. The summed E-state index contributed by atoms with van der Waals surface area (Å²) in [6.45, 7) is 0. The minimum Gasteiger partial charge on any atom is -0.428 e. The van der Waals surface area contributed by atoms with Crippen LogP contribution in [0, 0.1) is 0 Å². The van der Waals surface area contributed by atoms with Gasteiger partial charge in [-0.3, -0.25) is 14.9 Å². The van der Waals surface area contributed by atoms with Crippen molar-refractivity contribution in [3.05, 3.63) is 46.5 Å². The Bertz CT molecular complexity index is 819. The standard InChI is InChI=1S/C14H7NO5/c16-11-5-1-3-7-10-8(14(19)20-13(7)18)4-2-6(9(5)10)12(17)15-11/h1-4,13,18H,(H,15,16,17). The van der Waals surface area contributed by atoms with E-state index in [-0.39, 0.29) is 5.56 Å². The predicted molar refractivity (Wildman–Crippen MR) is 66.1 cm³/mol. The van der Waals surface area contributed by atoms with Crippen molar-refractivity contribution in [2.45, 2.75) is 6.29 Å². The van der Waals surface area contributed by atoms with Gasteiger partial charge in [-0.1, -0.05) is 6.07 Å². The fourth-order valence-electron chi connectivity index (χ4n) is 2.74. The predicted octanol–water partition coefficient (Wildman–Crippen LogP) is 0.885. The van der Waals surface area contributed by atoms with E-state index < -0.39 is 24.1 Å². The summed E-state index contributed by atoms with van der Waals surface area (Å²) in [5, 5.41) is 12.9. The maximum Gasteiger partial charge on any atom is 0.341 e. The van der Waals surface area contributed by atoms with Crippen LogP contribution in [0.4, 0.5) is 0 Å². The van der Waals surface area contributed by atoms with Gasteiger partial charge in [0.15, 0.2) is 0 Å². The Balaban J connectivity index is 2.26. The van der Waals surface area contributed by atoms with Gasteiger partial charge in [0.2, 0.25) is 6.29 Å². The Morgan fingerprint density at radius 1 is 0.900 bits per heavy atom. The van der Waals surface area contributed by atoms with Crippen molar-refractivity contribution in [1.82, 2.24) is 5.32 Å². The molecule has 2 aliphatic heterocycles. The van der Waals surface area contributed by atoms with Crippen molar-refractivity contribution in [1.29, 1.82) is 0 Å². The average Bonchev–Trinajstić information content (AvgIpc) is 2.42. The van der Waals surface area contributed by atoms with E-state index in [1.807, 2.05) is 0 Å². The first-order valence-electron chi connectivity index (χ1n) is 5.92. The number of cyclic esters (lactones) is 1. The molecule has 0 aromatic heterocycles. The van der Waals surface area contributed by atoms with Crippen LogP contribution >= 0.6 is 0 Å². The normalized spacial score (nSPS) is 19.9. The van der Waals surface area contributed by atoms with Crippen LogP contribution in [0.1, 0.15) is 42.9 Å². The van der Waals surface area contributed by atoms with Crippen LogP contribution in [0.5, 0.6) is 0 Å². The number of carbonyl (C=O) groups excluding carboxylic acids is 3. The summed E-state index contributed by atoms with van der Waals surface area (Å²) in [6, 6.07) is 5.98. The van der Waals surface area contributed by atoms with Gasteiger partial charge in [0.1, 0.15) is 0 Å². The molecule has 2 N–H and O–H groups in total. The third-order valence-corrected chi connectivity index (χ3v) is 3.61. The monoisotopic (exact) mass is 269 g/mol. The summed E-state index contributed by atoms with van der Waals surface area (Å²) in [5.41, 5.74) is 1.24. The van der Waals surface area contributed by atoms with Gasteiger partial charge >= 0.3 is 5.97 Å². The largest absolute Gasteiger partial charge is 0.428 e. The molecule has 2 aliphatic rings. The van der Waals surface area contributed by atoms with Gasteiger partial charge in [-0.05, 0) is 18.2 Å².